The number of hydrogen-bond acceptors (Lipinski definition) is 3. The van der Waals surface area contributed by atoms with E-state index in [1.54, 1.807) is 24.3 Å². The van der Waals surface area contributed by atoms with Crippen molar-refractivity contribution in [3.8, 4) is 5.75 Å². The van der Waals surface area contributed by atoms with Gasteiger partial charge >= 0.3 is 5.97 Å². The second-order valence-electron chi connectivity index (χ2n) is 3.20. The molecule has 1 aromatic carbocycles. The molecular formula is C12H14O3. The minimum absolute atomic E-state index is 0.197. The molecule has 0 spiro atoms. The molecule has 0 aromatic heterocycles. The molecule has 3 heteroatoms. The van der Waals surface area contributed by atoms with Crippen LogP contribution in [0.4, 0.5) is 0 Å². The van der Waals surface area contributed by atoms with Crippen molar-refractivity contribution in [2.24, 2.45) is 0 Å². The number of ether oxygens (including phenoxy) is 1. The van der Waals surface area contributed by atoms with Crippen LogP contribution in [0.1, 0.15) is 18.9 Å². The van der Waals surface area contributed by atoms with E-state index < -0.39 is 0 Å². The van der Waals surface area contributed by atoms with Gasteiger partial charge in [0.05, 0.1) is 0 Å². The van der Waals surface area contributed by atoms with Gasteiger partial charge in [-0.2, -0.15) is 0 Å². The fraction of sp³-hybridized carbons (Fsp3) is 0.250. The molecule has 1 N–H and O–H groups in total. The molecule has 0 saturated carbocycles. The highest BCUT2D eigenvalue weighted by Gasteiger charge is 2.05. The third-order valence-electron chi connectivity index (χ3n) is 2.02. The van der Waals surface area contributed by atoms with Crippen molar-refractivity contribution in [1.29, 1.82) is 0 Å². The molecular weight excluding hydrogens is 192 g/mol. The summed E-state index contributed by atoms with van der Waals surface area (Å²) in [6.45, 7) is 5.64. The average Bonchev–Trinajstić information content (AvgIpc) is 2.26. The second-order valence-corrected chi connectivity index (χ2v) is 3.20. The van der Waals surface area contributed by atoms with Crippen molar-refractivity contribution < 1.29 is 14.6 Å². The molecule has 80 valence electrons. The maximum absolute atomic E-state index is 11.2. The summed E-state index contributed by atoms with van der Waals surface area (Å²) < 4.78 is 5.00. The van der Waals surface area contributed by atoms with Crippen LogP contribution in [0.3, 0.4) is 0 Å². The summed E-state index contributed by atoms with van der Waals surface area (Å²) in [5.74, 6) is -0.173. The molecule has 15 heavy (non-hydrogen) atoms. The molecule has 0 fully saturated rings. The van der Waals surface area contributed by atoms with Crippen LogP contribution in [-0.4, -0.2) is 11.1 Å². The van der Waals surface area contributed by atoms with Gasteiger partial charge in [-0.3, -0.25) is 0 Å². The van der Waals surface area contributed by atoms with Gasteiger partial charge in [-0.25, -0.2) is 4.79 Å². The van der Waals surface area contributed by atoms with Crippen LogP contribution < -0.4 is 0 Å². The third-order valence-corrected chi connectivity index (χ3v) is 2.02. The maximum atomic E-state index is 11.2. The van der Waals surface area contributed by atoms with Gasteiger partial charge in [0.1, 0.15) is 12.4 Å². The van der Waals surface area contributed by atoms with Gasteiger partial charge in [0.2, 0.25) is 0 Å². The average molecular weight is 206 g/mol. The van der Waals surface area contributed by atoms with E-state index in [1.807, 2.05) is 6.92 Å². The van der Waals surface area contributed by atoms with E-state index in [1.165, 1.54) is 0 Å². The smallest absolute Gasteiger partial charge is 0.333 e. The van der Waals surface area contributed by atoms with Crippen LogP contribution in [0.25, 0.3) is 0 Å². The van der Waals surface area contributed by atoms with Gasteiger partial charge in [-0.05, 0) is 24.1 Å². The van der Waals surface area contributed by atoms with Gasteiger partial charge in [0, 0.05) is 5.57 Å². The summed E-state index contributed by atoms with van der Waals surface area (Å²) in [4.78, 5) is 11.2. The highest BCUT2D eigenvalue weighted by atomic mass is 16.5. The number of benzene rings is 1. The second kappa shape index (κ2) is 5.20. The first kappa shape index (κ1) is 11.3. The molecule has 0 amide bonds. The largest absolute Gasteiger partial charge is 0.508 e. The molecule has 0 aliphatic rings. The van der Waals surface area contributed by atoms with Gasteiger partial charge in [-0.1, -0.05) is 25.6 Å². The lowest BCUT2D eigenvalue weighted by Gasteiger charge is -2.05. The first-order chi connectivity index (χ1) is 7.13. The molecule has 0 atom stereocenters. The summed E-state index contributed by atoms with van der Waals surface area (Å²) in [6.07, 6.45) is 0.592. The molecule has 1 aromatic rings. The minimum Gasteiger partial charge on any atom is -0.508 e. The zero-order valence-corrected chi connectivity index (χ0v) is 8.69. The molecule has 0 bridgehead atoms. The van der Waals surface area contributed by atoms with E-state index in [2.05, 4.69) is 6.58 Å². The van der Waals surface area contributed by atoms with Crippen LogP contribution >= 0.6 is 0 Å². The van der Waals surface area contributed by atoms with Gasteiger partial charge in [0.15, 0.2) is 0 Å². The lowest BCUT2D eigenvalue weighted by Crippen LogP contribution is -2.06. The molecule has 0 unspecified atom stereocenters. The Morgan fingerprint density at radius 3 is 2.53 bits per heavy atom. The fourth-order valence-corrected chi connectivity index (χ4v) is 0.987. The number of hydrogen-bond donors (Lipinski definition) is 1. The molecule has 1 rings (SSSR count). The number of phenols is 1. The van der Waals surface area contributed by atoms with Crippen molar-refractivity contribution in [2.75, 3.05) is 0 Å². The van der Waals surface area contributed by atoms with E-state index in [4.69, 9.17) is 9.84 Å². The predicted octanol–water partition coefficient (Wildman–Crippen LogP) is 2.40. The summed E-state index contributed by atoms with van der Waals surface area (Å²) >= 11 is 0. The molecule has 3 nitrogen and oxygen atoms in total. The Balaban J connectivity index is 2.47. The summed E-state index contributed by atoms with van der Waals surface area (Å²) in [5.41, 5.74) is 1.30. The minimum atomic E-state index is -0.370. The third kappa shape index (κ3) is 3.46. The van der Waals surface area contributed by atoms with Crippen LogP contribution in [0.2, 0.25) is 0 Å². The number of carbonyl (C=O) groups excluding carboxylic acids is 1. The standard InChI is InChI=1S/C12H14O3/c1-3-9(2)12(14)15-8-10-4-6-11(13)7-5-10/h4-7,13H,2-3,8H2,1H3. The molecule has 0 radical (unpaired) electrons. The normalized spacial score (nSPS) is 9.67. The lowest BCUT2D eigenvalue weighted by molar-refractivity contribution is -0.140. The van der Waals surface area contributed by atoms with Crippen LogP contribution in [0.15, 0.2) is 36.4 Å². The van der Waals surface area contributed by atoms with Crippen LogP contribution in [0.5, 0.6) is 5.75 Å². The van der Waals surface area contributed by atoms with E-state index in [0.717, 1.165) is 5.56 Å². The Bertz CT molecular complexity index is 352. The SMILES string of the molecule is C=C(CC)C(=O)OCc1ccc(O)cc1. The highest BCUT2D eigenvalue weighted by molar-refractivity contribution is 5.87. The maximum Gasteiger partial charge on any atom is 0.333 e. The number of carbonyl (C=O) groups is 1. The van der Waals surface area contributed by atoms with Gasteiger partial charge < -0.3 is 9.84 Å². The van der Waals surface area contributed by atoms with Crippen molar-refractivity contribution >= 4 is 5.97 Å². The Hall–Kier alpha value is -1.77. The van der Waals surface area contributed by atoms with E-state index in [9.17, 15) is 4.79 Å². The van der Waals surface area contributed by atoms with E-state index >= 15 is 0 Å². The molecule has 0 aliphatic heterocycles. The number of aromatic hydroxyl groups is 1. The van der Waals surface area contributed by atoms with E-state index in [0.29, 0.717) is 12.0 Å². The Kier molecular flexibility index (Phi) is 3.92. The zero-order chi connectivity index (χ0) is 11.3. The van der Waals surface area contributed by atoms with Crippen LogP contribution in [-0.2, 0) is 16.1 Å². The first-order valence-corrected chi connectivity index (χ1v) is 4.76. The topological polar surface area (TPSA) is 46.5 Å². The number of phenolic OH excluding ortho intramolecular Hbond substituents is 1. The van der Waals surface area contributed by atoms with E-state index in [-0.39, 0.29) is 18.3 Å². The Labute approximate surface area is 89.0 Å². The first-order valence-electron chi connectivity index (χ1n) is 4.76. The number of esters is 1. The monoisotopic (exact) mass is 206 g/mol. The summed E-state index contributed by atoms with van der Waals surface area (Å²) in [5, 5.41) is 9.04. The Morgan fingerprint density at radius 1 is 1.40 bits per heavy atom. The molecule has 0 aliphatic carbocycles. The predicted molar refractivity (Wildman–Crippen MR) is 57.3 cm³/mol. The molecule has 0 heterocycles. The fourth-order valence-electron chi connectivity index (χ4n) is 0.987. The van der Waals surface area contributed by atoms with Crippen molar-refractivity contribution in [3.05, 3.63) is 42.0 Å². The van der Waals surface area contributed by atoms with Gasteiger partial charge in [0.25, 0.3) is 0 Å². The summed E-state index contributed by atoms with van der Waals surface area (Å²) in [7, 11) is 0. The number of rotatable bonds is 4. The van der Waals surface area contributed by atoms with Crippen molar-refractivity contribution in [2.45, 2.75) is 20.0 Å². The van der Waals surface area contributed by atoms with Crippen LogP contribution in [0, 0.1) is 0 Å². The quantitative estimate of drug-likeness (QED) is 0.607. The van der Waals surface area contributed by atoms with Gasteiger partial charge in [-0.15, -0.1) is 0 Å². The summed E-state index contributed by atoms with van der Waals surface area (Å²) in [6, 6.07) is 6.52. The Morgan fingerprint density at radius 2 is 2.00 bits per heavy atom. The lowest BCUT2D eigenvalue weighted by atomic mass is 10.2. The zero-order valence-electron chi connectivity index (χ0n) is 8.69. The van der Waals surface area contributed by atoms with Crippen molar-refractivity contribution in [3.63, 3.8) is 0 Å². The van der Waals surface area contributed by atoms with Crippen molar-refractivity contribution in [1.82, 2.24) is 0 Å². The molecule has 0 saturated heterocycles. The highest BCUT2D eigenvalue weighted by Crippen LogP contribution is 2.11.